The maximum atomic E-state index is 13.1. The van der Waals surface area contributed by atoms with Crippen molar-refractivity contribution < 1.29 is 24.0 Å². The number of carbonyl (C=O) groups is 2. The molecule has 0 N–H and O–H groups in total. The van der Waals surface area contributed by atoms with E-state index < -0.39 is 16.9 Å². The number of hydrogen-bond acceptors (Lipinski definition) is 9. The number of benzene rings is 3. The van der Waals surface area contributed by atoms with Gasteiger partial charge in [-0.2, -0.15) is 0 Å². The van der Waals surface area contributed by atoms with Gasteiger partial charge in [-0.05, 0) is 42.5 Å². The lowest BCUT2D eigenvalue weighted by atomic mass is 10.1. The van der Waals surface area contributed by atoms with Gasteiger partial charge in [-0.1, -0.05) is 61.1 Å². The lowest BCUT2D eigenvalue weighted by Crippen LogP contribution is -2.08. The van der Waals surface area contributed by atoms with Gasteiger partial charge in [0, 0.05) is 46.8 Å². The molecule has 0 amide bonds. The van der Waals surface area contributed by atoms with Gasteiger partial charge >= 0.3 is 11.9 Å². The van der Waals surface area contributed by atoms with Crippen LogP contribution in [0.25, 0.3) is 26.2 Å². The van der Waals surface area contributed by atoms with Crippen LogP contribution in [0.15, 0.2) is 74.2 Å². The topological polar surface area (TPSA) is 108 Å². The van der Waals surface area contributed by atoms with E-state index in [2.05, 4.69) is 36.9 Å². The lowest BCUT2D eigenvalue weighted by Gasteiger charge is -2.08. The minimum atomic E-state index is -0.741. The molecule has 3 aromatic carbocycles. The Labute approximate surface area is 265 Å². The van der Waals surface area contributed by atoms with Crippen molar-refractivity contribution in [2.24, 2.45) is 4.99 Å². The van der Waals surface area contributed by atoms with Gasteiger partial charge in [-0.3, -0.25) is 10.1 Å². The number of rotatable bonds is 5. The molecule has 41 heavy (non-hydrogen) atoms. The van der Waals surface area contributed by atoms with E-state index in [0.29, 0.717) is 30.0 Å². The van der Waals surface area contributed by atoms with Gasteiger partial charge in [0.05, 0.1) is 15.0 Å². The van der Waals surface area contributed by atoms with E-state index in [-0.39, 0.29) is 32.9 Å². The van der Waals surface area contributed by atoms with Crippen LogP contribution in [-0.2, 0) is 9.53 Å². The van der Waals surface area contributed by atoms with Gasteiger partial charge in [0.25, 0.3) is 5.69 Å². The molecule has 0 spiro atoms. The van der Waals surface area contributed by atoms with E-state index in [1.807, 2.05) is 18.2 Å². The zero-order valence-corrected chi connectivity index (χ0v) is 26.3. The van der Waals surface area contributed by atoms with E-state index in [1.165, 1.54) is 35.6 Å². The van der Waals surface area contributed by atoms with E-state index in [4.69, 9.17) is 32.7 Å². The largest absolute Gasteiger partial charge is 0.422 e. The second kappa shape index (κ2) is 10.9. The van der Waals surface area contributed by atoms with Crippen molar-refractivity contribution in [3.05, 3.63) is 105 Å². The Balaban J connectivity index is 1.34. The van der Waals surface area contributed by atoms with E-state index in [9.17, 15) is 19.7 Å². The molecule has 0 radical (unpaired) electrons. The second-order valence-electron chi connectivity index (χ2n) is 8.48. The van der Waals surface area contributed by atoms with Gasteiger partial charge in [0.15, 0.2) is 5.70 Å². The Morgan fingerprint density at radius 2 is 1.66 bits per heavy atom. The summed E-state index contributed by atoms with van der Waals surface area (Å²) < 4.78 is 14.0. The van der Waals surface area contributed by atoms with Crippen molar-refractivity contribution >= 4 is 128 Å². The molecule has 6 rings (SSSR count). The zero-order valence-electron chi connectivity index (χ0n) is 19.9. The summed E-state index contributed by atoms with van der Waals surface area (Å²) in [7, 11) is 0. The van der Waals surface area contributed by atoms with Gasteiger partial charge in [-0.15, -0.1) is 22.7 Å². The molecule has 8 nitrogen and oxygen atoms in total. The number of carbonyl (C=O) groups excluding carboxylic acids is 2. The van der Waals surface area contributed by atoms with Gasteiger partial charge in [0.2, 0.25) is 5.90 Å². The van der Waals surface area contributed by atoms with Crippen LogP contribution in [0.4, 0.5) is 5.69 Å². The van der Waals surface area contributed by atoms with Crippen molar-refractivity contribution in [1.82, 2.24) is 0 Å². The highest BCUT2D eigenvalue weighted by Gasteiger charge is 2.29. The number of esters is 2. The number of halogens is 4. The number of cyclic esters (lactones) is 1. The molecule has 0 atom stereocenters. The summed E-state index contributed by atoms with van der Waals surface area (Å²) in [6.45, 7) is 0. The molecule has 0 fully saturated rings. The first-order chi connectivity index (χ1) is 19.6. The lowest BCUT2D eigenvalue weighted by molar-refractivity contribution is -0.384. The summed E-state index contributed by atoms with van der Waals surface area (Å²) in [6.07, 6.45) is 1.43. The van der Waals surface area contributed by atoms with Gasteiger partial charge in [0.1, 0.15) is 15.5 Å². The van der Waals surface area contributed by atoms with Crippen LogP contribution < -0.4 is 4.74 Å². The molecule has 1 aliphatic heterocycles. The van der Waals surface area contributed by atoms with Crippen LogP contribution >= 0.6 is 77.7 Å². The summed E-state index contributed by atoms with van der Waals surface area (Å²) in [5.74, 6) is -1.26. The van der Waals surface area contributed by atoms with Crippen LogP contribution in [0.3, 0.4) is 0 Å². The number of hydrogen-bond donors (Lipinski definition) is 0. The summed E-state index contributed by atoms with van der Waals surface area (Å²) in [5.41, 5.74) is 0.233. The normalized spacial score (nSPS) is 14.1. The van der Waals surface area contributed by atoms with Crippen LogP contribution in [0.2, 0.25) is 10.0 Å². The van der Waals surface area contributed by atoms with Crippen LogP contribution in [-0.4, -0.2) is 22.8 Å². The molecule has 2 aromatic heterocycles. The average molecular weight is 753 g/mol. The fourth-order valence-corrected chi connectivity index (χ4v) is 7.79. The first-order valence-electron chi connectivity index (χ1n) is 11.4. The number of fused-ring (bicyclic) bond motifs is 2. The second-order valence-corrected chi connectivity index (χ2v) is 13.2. The van der Waals surface area contributed by atoms with Crippen molar-refractivity contribution in [3.8, 4) is 5.75 Å². The minimum absolute atomic E-state index is 0.0353. The van der Waals surface area contributed by atoms with Crippen LogP contribution in [0.5, 0.6) is 5.75 Å². The molecular formula is C27H10Br2Cl2N2O6S2. The molecule has 3 heterocycles. The third kappa shape index (κ3) is 5.31. The Kier molecular flexibility index (Phi) is 7.47. The Bertz CT molecular complexity index is 2040. The molecule has 1 aliphatic rings. The summed E-state index contributed by atoms with van der Waals surface area (Å²) in [6, 6.07) is 14.7. The molecule has 0 bridgehead atoms. The highest BCUT2D eigenvalue weighted by Crippen LogP contribution is 2.40. The van der Waals surface area contributed by atoms with Crippen molar-refractivity contribution in [1.29, 1.82) is 0 Å². The van der Waals surface area contributed by atoms with Crippen molar-refractivity contribution in [2.75, 3.05) is 0 Å². The first-order valence-corrected chi connectivity index (χ1v) is 15.3. The SMILES string of the molecule is O=C1OC(c2sc3cc([N+](=O)[O-])ccc3c2Cl)=N/C1=C/c1cc(Br)ccc1OC(=O)c1sc2cc(Br)ccc2c1Cl. The molecular weight excluding hydrogens is 743 g/mol. The Hall–Kier alpha value is -3.13. The van der Waals surface area contributed by atoms with Crippen LogP contribution in [0, 0.1) is 10.1 Å². The molecule has 0 unspecified atom stereocenters. The highest BCUT2D eigenvalue weighted by atomic mass is 79.9. The Morgan fingerprint density at radius 3 is 2.44 bits per heavy atom. The number of ether oxygens (including phenoxy) is 2. The van der Waals surface area contributed by atoms with Crippen LogP contribution in [0.1, 0.15) is 20.1 Å². The van der Waals surface area contributed by atoms with E-state index >= 15 is 0 Å². The maximum Gasteiger partial charge on any atom is 0.363 e. The zero-order chi connectivity index (χ0) is 29.0. The highest BCUT2D eigenvalue weighted by molar-refractivity contribution is 9.10. The number of nitro benzene ring substituents is 1. The molecule has 0 saturated carbocycles. The third-order valence-corrected chi connectivity index (χ3v) is 10.2. The molecule has 204 valence electrons. The fraction of sp³-hybridized carbons (Fsp3) is 0. The first kappa shape index (κ1) is 28.0. The monoisotopic (exact) mass is 750 g/mol. The maximum absolute atomic E-state index is 13.1. The molecule has 5 aromatic rings. The third-order valence-electron chi connectivity index (χ3n) is 5.88. The number of thiophene rings is 2. The summed E-state index contributed by atoms with van der Waals surface area (Å²) >= 11 is 22.1. The van der Waals surface area contributed by atoms with Gasteiger partial charge < -0.3 is 9.47 Å². The quantitative estimate of drug-likeness (QED) is 0.0582. The number of nitrogens with zero attached hydrogens (tertiary/aromatic N) is 2. The standard InChI is InChI=1S/C27H10Br2Cl2N2O6S2/c28-12-2-6-18(38-27(35)24-22(31)15-4-1-13(29)9-19(15)41-24)11(7-12)8-17-26(34)39-25(32-17)23-21(30)16-5-3-14(33(36)37)10-20(16)40-23/h1-10H/b17-8+. The molecule has 0 aliphatic carbocycles. The smallest absolute Gasteiger partial charge is 0.363 e. The van der Waals surface area contributed by atoms with E-state index in [1.54, 1.807) is 18.2 Å². The molecule has 0 saturated heterocycles. The predicted molar refractivity (Wildman–Crippen MR) is 168 cm³/mol. The average Bonchev–Trinajstić information content (AvgIpc) is 3.57. The summed E-state index contributed by atoms with van der Waals surface area (Å²) in [4.78, 5) is 41.5. The Morgan fingerprint density at radius 1 is 0.976 bits per heavy atom. The van der Waals surface area contributed by atoms with Crippen molar-refractivity contribution in [3.63, 3.8) is 0 Å². The summed E-state index contributed by atoms with van der Waals surface area (Å²) in [5, 5.41) is 13.0. The predicted octanol–water partition coefficient (Wildman–Crippen LogP) is 9.42. The van der Waals surface area contributed by atoms with E-state index in [0.717, 1.165) is 25.9 Å². The molecule has 14 heteroatoms. The van der Waals surface area contributed by atoms with Crippen molar-refractivity contribution in [2.45, 2.75) is 0 Å². The minimum Gasteiger partial charge on any atom is -0.422 e. The number of non-ortho nitro benzene ring substituents is 1. The number of nitro groups is 1. The number of aliphatic imine (C=N–C) groups is 1. The van der Waals surface area contributed by atoms with Gasteiger partial charge in [-0.25, -0.2) is 14.6 Å². The fourth-order valence-electron chi connectivity index (χ4n) is 4.00.